The minimum atomic E-state index is -4.60. The molecule has 10 nitrogen and oxygen atoms in total. The molecule has 0 bridgehead atoms. The predicted molar refractivity (Wildman–Crippen MR) is 192 cm³/mol. The molecule has 48 heavy (non-hydrogen) atoms. The summed E-state index contributed by atoms with van der Waals surface area (Å²) in [6, 6.07) is 0. The van der Waals surface area contributed by atoms with Crippen LogP contribution in [0.3, 0.4) is 0 Å². The number of hydrogen-bond donors (Lipinski definition) is 3. The van der Waals surface area contributed by atoms with E-state index in [9.17, 15) is 24.2 Å². The summed E-state index contributed by atoms with van der Waals surface area (Å²) in [7, 11) is -4.60. The summed E-state index contributed by atoms with van der Waals surface area (Å²) in [4.78, 5) is 34.7. The number of phosphoric acid groups is 1. The second-order valence-electron chi connectivity index (χ2n) is 13.3. The normalized spacial score (nSPS) is 14.0. The molecule has 3 atom stereocenters. The predicted octanol–water partition coefficient (Wildman–Crippen LogP) is 9.50. The zero-order valence-corrected chi connectivity index (χ0v) is 31.6. The fourth-order valence-electron chi connectivity index (χ4n) is 5.46. The Bertz CT molecular complexity index is 781. The van der Waals surface area contributed by atoms with Crippen LogP contribution in [-0.2, 0) is 32.7 Å². The molecule has 1 unspecified atom stereocenters. The maximum Gasteiger partial charge on any atom is 0.472 e. The number of carbonyl (C=O) groups excluding carboxylic acids is 2. The average molecular weight is 709 g/mol. The second kappa shape index (κ2) is 34.4. The Morgan fingerprint density at radius 1 is 0.542 bits per heavy atom. The maximum atomic E-state index is 12.5. The molecule has 0 spiro atoms. The summed E-state index contributed by atoms with van der Waals surface area (Å²) in [6.45, 7) is 2.36. The molecule has 0 aromatic carbocycles. The number of aliphatic hydroxyl groups is 2. The first-order valence-electron chi connectivity index (χ1n) is 19.5. The van der Waals surface area contributed by atoms with Gasteiger partial charge < -0.3 is 24.6 Å². The van der Waals surface area contributed by atoms with E-state index in [1.165, 1.54) is 109 Å². The fourth-order valence-corrected chi connectivity index (χ4v) is 6.25. The van der Waals surface area contributed by atoms with Crippen molar-refractivity contribution in [2.24, 2.45) is 0 Å². The Balaban J connectivity index is 4.24. The summed E-state index contributed by atoms with van der Waals surface area (Å²) in [5.74, 6) is -0.919. The van der Waals surface area contributed by atoms with Crippen LogP contribution in [0.1, 0.15) is 187 Å². The van der Waals surface area contributed by atoms with Gasteiger partial charge in [-0.2, -0.15) is 0 Å². The van der Waals surface area contributed by atoms with E-state index in [2.05, 4.69) is 18.4 Å². The van der Waals surface area contributed by atoms with Crippen molar-refractivity contribution in [1.29, 1.82) is 0 Å². The molecule has 0 saturated carbocycles. The fraction of sp³-hybridized carbons (Fsp3) is 0.946. The van der Waals surface area contributed by atoms with Crippen molar-refractivity contribution in [2.45, 2.75) is 199 Å². The van der Waals surface area contributed by atoms with Crippen LogP contribution < -0.4 is 0 Å². The van der Waals surface area contributed by atoms with Gasteiger partial charge in [-0.15, -0.1) is 0 Å². The SMILES string of the molecule is CCCCCCCCCCCCCCCCCCCC(=O)O[C@H](COC(=O)CCCCCCCCCC)COP(=O)(O)OC[C@@H](O)CO. The van der Waals surface area contributed by atoms with Crippen LogP contribution in [0.5, 0.6) is 0 Å². The van der Waals surface area contributed by atoms with Crippen LogP contribution in [0.2, 0.25) is 0 Å². The van der Waals surface area contributed by atoms with Gasteiger partial charge in [-0.1, -0.05) is 162 Å². The van der Waals surface area contributed by atoms with E-state index in [4.69, 9.17) is 19.1 Å². The van der Waals surface area contributed by atoms with E-state index < -0.39 is 51.8 Å². The first-order valence-corrected chi connectivity index (χ1v) is 21.0. The first-order chi connectivity index (χ1) is 23.2. The van der Waals surface area contributed by atoms with Gasteiger partial charge in [-0.25, -0.2) is 4.57 Å². The minimum Gasteiger partial charge on any atom is -0.462 e. The molecule has 0 radical (unpaired) electrons. The van der Waals surface area contributed by atoms with Gasteiger partial charge in [-0.3, -0.25) is 18.6 Å². The van der Waals surface area contributed by atoms with E-state index in [1.54, 1.807) is 0 Å². The van der Waals surface area contributed by atoms with Gasteiger partial charge >= 0.3 is 19.8 Å². The van der Waals surface area contributed by atoms with Crippen LogP contribution in [0.15, 0.2) is 0 Å². The zero-order valence-electron chi connectivity index (χ0n) is 30.7. The van der Waals surface area contributed by atoms with Gasteiger partial charge in [0.15, 0.2) is 6.10 Å². The highest BCUT2D eigenvalue weighted by atomic mass is 31.2. The number of rotatable bonds is 37. The number of carbonyl (C=O) groups is 2. The zero-order chi connectivity index (χ0) is 35.6. The highest BCUT2D eigenvalue weighted by Gasteiger charge is 2.27. The number of phosphoric ester groups is 1. The van der Waals surface area contributed by atoms with Gasteiger partial charge in [0.25, 0.3) is 0 Å². The van der Waals surface area contributed by atoms with Crippen molar-refractivity contribution >= 4 is 19.8 Å². The molecule has 0 heterocycles. The van der Waals surface area contributed by atoms with E-state index in [-0.39, 0.29) is 19.4 Å². The second-order valence-corrected chi connectivity index (χ2v) is 14.8. The molecule has 3 N–H and O–H groups in total. The monoisotopic (exact) mass is 708 g/mol. The molecule has 0 aliphatic carbocycles. The third kappa shape index (κ3) is 33.5. The largest absolute Gasteiger partial charge is 0.472 e. The molecular formula is C37H73O10P. The van der Waals surface area contributed by atoms with Gasteiger partial charge in [0.2, 0.25) is 0 Å². The van der Waals surface area contributed by atoms with E-state index >= 15 is 0 Å². The number of aliphatic hydroxyl groups excluding tert-OH is 2. The molecule has 0 aromatic rings. The minimum absolute atomic E-state index is 0.192. The number of unbranched alkanes of at least 4 members (excludes halogenated alkanes) is 23. The summed E-state index contributed by atoms with van der Waals surface area (Å²) in [5, 5.41) is 18.2. The Morgan fingerprint density at radius 3 is 1.29 bits per heavy atom. The lowest BCUT2D eigenvalue weighted by Crippen LogP contribution is -2.29. The standard InChI is InChI=1S/C37H73O10P/c1-3-5-7-9-11-13-14-15-16-17-18-19-20-21-23-25-27-29-37(41)47-35(33-46-48(42,43)45-31-34(39)30-38)32-44-36(40)28-26-24-22-12-10-8-6-4-2/h34-35,38-39H,3-33H2,1-2H3,(H,42,43)/t34-,35+/m0/s1. The number of esters is 2. The molecule has 0 saturated heterocycles. The third-order valence-corrected chi connectivity index (χ3v) is 9.46. The summed E-state index contributed by atoms with van der Waals surface area (Å²) >= 11 is 0. The molecule has 11 heteroatoms. The maximum absolute atomic E-state index is 12.5. The molecule has 286 valence electrons. The molecular weight excluding hydrogens is 635 g/mol. The lowest BCUT2D eigenvalue weighted by atomic mass is 10.0. The quantitative estimate of drug-likeness (QED) is 0.0324. The summed E-state index contributed by atoms with van der Waals surface area (Å²) < 4.78 is 32.5. The third-order valence-electron chi connectivity index (χ3n) is 8.51. The highest BCUT2D eigenvalue weighted by molar-refractivity contribution is 7.47. The van der Waals surface area contributed by atoms with Crippen LogP contribution in [-0.4, -0.2) is 65.7 Å². The molecule has 0 fully saturated rings. The smallest absolute Gasteiger partial charge is 0.462 e. The van der Waals surface area contributed by atoms with Crippen LogP contribution in [0.25, 0.3) is 0 Å². The van der Waals surface area contributed by atoms with E-state index in [0.717, 1.165) is 38.5 Å². The van der Waals surface area contributed by atoms with Crippen LogP contribution >= 0.6 is 7.82 Å². The van der Waals surface area contributed by atoms with Crippen molar-refractivity contribution in [3.8, 4) is 0 Å². The van der Waals surface area contributed by atoms with E-state index in [1.807, 2.05) is 0 Å². The molecule has 0 aliphatic heterocycles. The van der Waals surface area contributed by atoms with Crippen molar-refractivity contribution in [3.05, 3.63) is 0 Å². The Morgan fingerprint density at radius 2 is 0.896 bits per heavy atom. The van der Waals surface area contributed by atoms with Crippen molar-refractivity contribution in [1.82, 2.24) is 0 Å². The lowest BCUT2D eigenvalue weighted by Gasteiger charge is -2.20. The Hall–Kier alpha value is -1.03. The van der Waals surface area contributed by atoms with E-state index in [0.29, 0.717) is 12.8 Å². The summed E-state index contributed by atoms with van der Waals surface area (Å²) in [5.41, 5.74) is 0. The lowest BCUT2D eigenvalue weighted by molar-refractivity contribution is -0.161. The van der Waals surface area contributed by atoms with Gasteiger partial charge in [0, 0.05) is 12.8 Å². The average Bonchev–Trinajstić information content (AvgIpc) is 3.07. The van der Waals surface area contributed by atoms with Gasteiger partial charge in [0.1, 0.15) is 12.7 Å². The molecule has 0 amide bonds. The Labute approximate surface area is 293 Å². The summed E-state index contributed by atoms with van der Waals surface area (Å²) in [6.07, 6.45) is 28.0. The van der Waals surface area contributed by atoms with Crippen molar-refractivity contribution < 1.29 is 47.8 Å². The number of ether oxygens (including phenoxy) is 2. The number of hydrogen-bond acceptors (Lipinski definition) is 9. The van der Waals surface area contributed by atoms with Crippen molar-refractivity contribution in [3.63, 3.8) is 0 Å². The van der Waals surface area contributed by atoms with Crippen molar-refractivity contribution in [2.75, 3.05) is 26.4 Å². The van der Waals surface area contributed by atoms with Crippen LogP contribution in [0, 0.1) is 0 Å². The topological polar surface area (TPSA) is 149 Å². The van der Waals surface area contributed by atoms with Crippen LogP contribution in [0.4, 0.5) is 0 Å². The van der Waals surface area contributed by atoms with Gasteiger partial charge in [-0.05, 0) is 12.8 Å². The molecule has 0 aliphatic rings. The first kappa shape index (κ1) is 47.0. The van der Waals surface area contributed by atoms with Gasteiger partial charge in [0.05, 0.1) is 19.8 Å². The highest BCUT2D eigenvalue weighted by Crippen LogP contribution is 2.43. The Kier molecular flexibility index (Phi) is 33.7. The molecule has 0 aromatic heterocycles. The molecule has 0 rings (SSSR count).